The fourth-order valence-electron chi connectivity index (χ4n) is 2.08. The van der Waals surface area contributed by atoms with Crippen LogP contribution in [0.25, 0.3) is 0 Å². The van der Waals surface area contributed by atoms with Crippen LogP contribution in [0.15, 0.2) is 18.2 Å². The highest BCUT2D eigenvalue weighted by atomic mass is 35.5. The lowest BCUT2D eigenvalue weighted by Gasteiger charge is -2.28. The number of benzene rings is 1. The summed E-state index contributed by atoms with van der Waals surface area (Å²) >= 11 is 6.09. The second-order valence-corrected chi connectivity index (χ2v) is 5.00. The molecule has 1 aliphatic carbocycles. The fraction of sp³-hybridized carbons (Fsp3) is 0.538. The maximum Gasteiger partial charge on any atom is 0.116 e. The zero-order chi connectivity index (χ0) is 11.8. The topological polar surface area (TPSA) is 29.5 Å². The molecule has 88 valence electrons. The molecule has 1 aromatic rings. The van der Waals surface area contributed by atoms with Crippen molar-refractivity contribution in [1.82, 2.24) is 0 Å². The molecule has 1 saturated carbocycles. The molecule has 1 unspecified atom stereocenters. The molecule has 1 fully saturated rings. The van der Waals surface area contributed by atoms with Crippen molar-refractivity contribution < 1.29 is 9.84 Å². The van der Waals surface area contributed by atoms with E-state index in [2.05, 4.69) is 0 Å². The van der Waals surface area contributed by atoms with Gasteiger partial charge < -0.3 is 9.84 Å². The summed E-state index contributed by atoms with van der Waals surface area (Å²) in [6.07, 6.45) is 2.12. The summed E-state index contributed by atoms with van der Waals surface area (Å²) in [7, 11) is 1.61. The first-order valence-corrected chi connectivity index (χ1v) is 5.93. The molecule has 3 heteroatoms. The minimum Gasteiger partial charge on any atom is -0.382 e. The Morgan fingerprint density at radius 3 is 2.69 bits per heavy atom. The first kappa shape index (κ1) is 11.9. The van der Waals surface area contributed by atoms with Gasteiger partial charge in [0.1, 0.15) is 5.60 Å². The Balaban J connectivity index is 2.34. The van der Waals surface area contributed by atoms with Gasteiger partial charge in [0.2, 0.25) is 0 Å². The van der Waals surface area contributed by atoms with Crippen LogP contribution in [0.1, 0.15) is 24.0 Å². The summed E-state index contributed by atoms with van der Waals surface area (Å²) in [5.74, 6) is 0.311. The molecule has 1 N–H and O–H groups in total. The largest absolute Gasteiger partial charge is 0.382 e. The normalized spacial score (nSPS) is 19.5. The van der Waals surface area contributed by atoms with Crippen LogP contribution in [-0.2, 0) is 10.3 Å². The predicted octanol–water partition coefficient (Wildman–Crippen LogP) is 2.89. The van der Waals surface area contributed by atoms with Gasteiger partial charge in [0.05, 0.1) is 6.61 Å². The Bertz CT molecular complexity index is 388. The van der Waals surface area contributed by atoms with Gasteiger partial charge in [-0.05, 0) is 42.9 Å². The molecule has 2 rings (SSSR count). The van der Waals surface area contributed by atoms with Crippen LogP contribution < -0.4 is 0 Å². The highest BCUT2D eigenvalue weighted by Gasteiger charge is 2.45. The number of ether oxygens (including phenoxy) is 1. The molecule has 0 heterocycles. The van der Waals surface area contributed by atoms with Crippen LogP contribution >= 0.6 is 11.6 Å². The maximum absolute atomic E-state index is 10.7. The Morgan fingerprint density at radius 2 is 2.19 bits per heavy atom. The molecule has 0 bridgehead atoms. The molecular weight excluding hydrogens is 224 g/mol. The standard InChI is InChI=1S/C13H17ClO2/c1-9-3-4-11(7-12(9)14)13(15,8-16-2)10-5-6-10/h3-4,7,10,15H,5-6,8H2,1-2H3. The van der Waals surface area contributed by atoms with Gasteiger partial charge in [-0.25, -0.2) is 0 Å². The minimum absolute atomic E-state index is 0.311. The lowest BCUT2D eigenvalue weighted by molar-refractivity contribution is -0.0532. The fourth-order valence-corrected chi connectivity index (χ4v) is 2.26. The molecule has 16 heavy (non-hydrogen) atoms. The quantitative estimate of drug-likeness (QED) is 0.877. The molecule has 0 spiro atoms. The number of aliphatic hydroxyl groups is 1. The van der Waals surface area contributed by atoms with E-state index in [9.17, 15) is 5.11 Å². The average Bonchev–Trinajstić information content (AvgIpc) is 3.06. The maximum atomic E-state index is 10.7. The van der Waals surface area contributed by atoms with Crippen molar-refractivity contribution in [3.05, 3.63) is 34.3 Å². The van der Waals surface area contributed by atoms with E-state index in [0.717, 1.165) is 24.0 Å². The molecule has 1 aromatic carbocycles. The first-order valence-electron chi connectivity index (χ1n) is 5.56. The lowest BCUT2D eigenvalue weighted by Crippen LogP contribution is -2.33. The van der Waals surface area contributed by atoms with Gasteiger partial charge in [0.15, 0.2) is 0 Å². The third kappa shape index (κ3) is 2.10. The number of rotatable bonds is 4. The third-order valence-corrected chi connectivity index (χ3v) is 3.70. The SMILES string of the molecule is COCC(O)(c1ccc(C)c(Cl)c1)C1CC1. The summed E-state index contributed by atoms with van der Waals surface area (Å²) in [5, 5.41) is 11.4. The van der Waals surface area contributed by atoms with Crippen molar-refractivity contribution in [2.75, 3.05) is 13.7 Å². The Morgan fingerprint density at radius 1 is 1.50 bits per heavy atom. The second kappa shape index (κ2) is 4.36. The van der Waals surface area contributed by atoms with E-state index in [1.807, 2.05) is 25.1 Å². The molecule has 0 amide bonds. The van der Waals surface area contributed by atoms with Crippen LogP contribution in [0.4, 0.5) is 0 Å². The predicted molar refractivity (Wildman–Crippen MR) is 64.7 cm³/mol. The highest BCUT2D eigenvalue weighted by molar-refractivity contribution is 6.31. The number of hydrogen-bond donors (Lipinski definition) is 1. The van der Waals surface area contributed by atoms with Gasteiger partial charge in [0, 0.05) is 12.1 Å². The van der Waals surface area contributed by atoms with E-state index in [0.29, 0.717) is 17.5 Å². The summed E-state index contributed by atoms with van der Waals surface area (Å²) < 4.78 is 5.14. The second-order valence-electron chi connectivity index (χ2n) is 4.60. The zero-order valence-electron chi connectivity index (χ0n) is 9.66. The number of halogens is 1. The molecule has 1 atom stereocenters. The summed E-state index contributed by atoms with van der Waals surface area (Å²) in [6, 6.07) is 5.74. The van der Waals surface area contributed by atoms with Gasteiger partial charge in [-0.15, -0.1) is 0 Å². The summed E-state index contributed by atoms with van der Waals surface area (Å²) in [6.45, 7) is 2.29. The molecule has 0 aliphatic heterocycles. The van der Waals surface area contributed by atoms with Gasteiger partial charge in [-0.1, -0.05) is 23.7 Å². The highest BCUT2D eigenvalue weighted by Crippen LogP contribution is 2.46. The van der Waals surface area contributed by atoms with Crippen molar-refractivity contribution in [2.24, 2.45) is 5.92 Å². The van der Waals surface area contributed by atoms with Crippen molar-refractivity contribution in [2.45, 2.75) is 25.4 Å². The van der Waals surface area contributed by atoms with Crippen LogP contribution in [0.3, 0.4) is 0 Å². The third-order valence-electron chi connectivity index (χ3n) is 3.29. The monoisotopic (exact) mass is 240 g/mol. The van der Waals surface area contributed by atoms with Crippen molar-refractivity contribution >= 4 is 11.6 Å². The van der Waals surface area contributed by atoms with E-state index < -0.39 is 5.60 Å². The molecular formula is C13H17ClO2. The average molecular weight is 241 g/mol. The molecule has 0 saturated heterocycles. The van der Waals surface area contributed by atoms with Crippen molar-refractivity contribution in [1.29, 1.82) is 0 Å². The molecule has 0 aromatic heterocycles. The van der Waals surface area contributed by atoms with Crippen LogP contribution in [-0.4, -0.2) is 18.8 Å². The smallest absolute Gasteiger partial charge is 0.116 e. The Labute approximate surface area is 101 Å². The van der Waals surface area contributed by atoms with Crippen LogP contribution in [0.5, 0.6) is 0 Å². The lowest BCUT2D eigenvalue weighted by atomic mass is 9.89. The van der Waals surface area contributed by atoms with Crippen LogP contribution in [0.2, 0.25) is 5.02 Å². The minimum atomic E-state index is -0.869. The van der Waals surface area contributed by atoms with E-state index >= 15 is 0 Å². The summed E-state index contributed by atoms with van der Waals surface area (Å²) in [4.78, 5) is 0. The van der Waals surface area contributed by atoms with Gasteiger partial charge in [-0.3, -0.25) is 0 Å². The number of methoxy groups -OCH3 is 1. The molecule has 0 radical (unpaired) electrons. The molecule has 2 nitrogen and oxygen atoms in total. The van der Waals surface area contributed by atoms with Gasteiger partial charge in [-0.2, -0.15) is 0 Å². The Kier molecular flexibility index (Phi) is 3.24. The van der Waals surface area contributed by atoms with Gasteiger partial charge >= 0.3 is 0 Å². The number of hydrogen-bond acceptors (Lipinski definition) is 2. The zero-order valence-corrected chi connectivity index (χ0v) is 10.4. The first-order chi connectivity index (χ1) is 7.58. The summed E-state index contributed by atoms with van der Waals surface area (Å²) in [5.41, 5.74) is 1.03. The van der Waals surface area contributed by atoms with E-state index in [4.69, 9.17) is 16.3 Å². The van der Waals surface area contributed by atoms with E-state index in [1.165, 1.54) is 0 Å². The number of aryl methyl sites for hydroxylation is 1. The van der Waals surface area contributed by atoms with E-state index in [1.54, 1.807) is 7.11 Å². The van der Waals surface area contributed by atoms with Gasteiger partial charge in [0.25, 0.3) is 0 Å². The Hall–Kier alpha value is -0.570. The van der Waals surface area contributed by atoms with Crippen LogP contribution in [0, 0.1) is 12.8 Å². The molecule has 1 aliphatic rings. The van der Waals surface area contributed by atoms with E-state index in [-0.39, 0.29) is 0 Å². The van der Waals surface area contributed by atoms with Crippen molar-refractivity contribution in [3.8, 4) is 0 Å². The van der Waals surface area contributed by atoms with Crippen molar-refractivity contribution in [3.63, 3.8) is 0 Å².